The third kappa shape index (κ3) is 6.10. The Morgan fingerprint density at radius 2 is 1.81 bits per heavy atom. The van der Waals surface area contributed by atoms with Gasteiger partial charge in [0.25, 0.3) is 0 Å². The van der Waals surface area contributed by atoms with E-state index in [0.717, 1.165) is 31.3 Å². The molecule has 2 aromatic rings. The van der Waals surface area contributed by atoms with Crippen molar-refractivity contribution in [1.82, 2.24) is 9.88 Å². The van der Waals surface area contributed by atoms with Crippen molar-refractivity contribution in [3.8, 4) is 0 Å². The summed E-state index contributed by atoms with van der Waals surface area (Å²) in [4.78, 5) is 9.37. The molecule has 0 amide bonds. The largest absolute Gasteiger partial charge is 0.446 e. The van der Waals surface area contributed by atoms with E-state index in [1.54, 1.807) is 24.3 Å². The maximum atomic E-state index is 12.6. The van der Waals surface area contributed by atoms with Gasteiger partial charge in [-0.15, -0.1) is 0 Å². The van der Waals surface area contributed by atoms with Crippen LogP contribution >= 0.6 is 11.8 Å². The molecule has 8 heteroatoms. The molecule has 4 nitrogen and oxygen atoms in total. The van der Waals surface area contributed by atoms with Crippen molar-refractivity contribution in [2.45, 2.75) is 74.5 Å². The number of thioether (sulfide) groups is 1. The summed E-state index contributed by atoms with van der Waals surface area (Å²) in [5, 5.41) is 3.60. The van der Waals surface area contributed by atoms with E-state index in [2.05, 4.69) is 46.1 Å². The van der Waals surface area contributed by atoms with Crippen LogP contribution in [-0.2, 0) is 6.54 Å². The molecule has 1 aliphatic carbocycles. The smallest absolute Gasteiger partial charge is 0.367 e. The van der Waals surface area contributed by atoms with Crippen LogP contribution in [0.3, 0.4) is 0 Å². The number of nitrogens with zero attached hydrogens (tertiary/aromatic N) is 3. The van der Waals surface area contributed by atoms with Crippen molar-refractivity contribution in [1.29, 1.82) is 0 Å². The Hall–Kier alpha value is -1.93. The van der Waals surface area contributed by atoms with E-state index in [9.17, 15) is 13.2 Å². The summed E-state index contributed by atoms with van der Waals surface area (Å²) in [6.07, 6.45) is 8.19. The number of alkyl halides is 3. The molecular weight excluding hydrogens is 433 g/mol. The van der Waals surface area contributed by atoms with Gasteiger partial charge in [-0.1, -0.05) is 19.3 Å². The van der Waals surface area contributed by atoms with E-state index in [1.165, 1.54) is 37.7 Å². The lowest BCUT2D eigenvalue weighted by molar-refractivity contribution is -0.0328. The van der Waals surface area contributed by atoms with Crippen LogP contribution in [0.4, 0.5) is 24.7 Å². The summed E-state index contributed by atoms with van der Waals surface area (Å²) in [6, 6.07) is 11.4. The molecule has 0 unspecified atom stereocenters. The minimum absolute atomic E-state index is 0.0559. The lowest BCUT2D eigenvalue weighted by atomic mass is 9.95. The van der Waals surface area contributed by atoms with Crippen molar-refractivity contribution in [2.75, 3.05) is 23.4 Å². The highest BCUT2D eigenvalue weighted by Gasteiger charge is 2.37. The molecule has 1 aliphatic heterocycles. The van der Waals surface area contributed by atoms with Gasteiger partial charge in [-0.2, -0.15) is 13.2 Å². The third-order valence-corrected chi connectivity index (χ3v) is 7.11. The molecule has 2 heterocycles. The fourth-order valence-corrected chi connectivity index (χ4v) is 5.18. The average Bonchev–Trinajstić information content (AvgIpc) is 3.02. The molecule has 1 aromatic carbocycles. The molecule has 0 radical (unpaired) electrons. The van der Waals surface area contributed by atoms with Crippen molar-refractivity contribution >= 4 is 23.3 Å². The Morgan fingerprint density at radius 3 is 2.50 bits per heavy atom. The second kappa shape index (κ2) is 9.51. The molecule has 1 aromatic heterocycles. The number of hydrogen-bond donors (Lipinski definition) is 1. The summed E-state index contributed by atoms with van der Waals surface area (Å²) in [5.74, 6) is 0.945. The zero-order valence-electron chi connectivity index (χ0n) is 18.7. The standard InChI is InChI=1S/C24H31F3N4S/c1-23(2)16-30(20-8-10-21(11-9-20)32-24(25,26)27)17-31(23)15-18-12-13-28-22(14-18)29-19-6-4-3-5-7-19/h8-14,19H,3-7,15-17H2,1-2H3,(H,28,29). The second-order valence-electron chi connectivity index (χ2n) is 9.42. The van der Waals surface area contributed by atoms with Crippen LogP contribution in [0.15, 0.2) is 47.5 Å². The zero-order valence-corrected chi connectivity index (χ0v) is 19.5. The van der Waals surface area contributed by atoms with Crippen LogP contribution in [0, 0.1) is 0 Å². The minimum Gasteiger partial charge on any atom is -0.367 e. The molecular formula is C24H31F3N4S. The van der Waals surface area contributed by atoms with Gasteiger partial charge in [0.05, 0.1) is 6.67 Å². The molecule has 1 saturated carbocycles. The van der Waals surface area contributed by atoms with Gasteiger partial charge in [-0.05, 0) is 80.4 Å². The number of halogens is 3. The lowest BCUT2D eigenvalue weighted by Gasteiger charge is -2.29. The molecule has 0 bridgehead atoms. The molecule has 2 aliphatic rings. The second-order valence-corrected chi connectivity index (χ2v) is 10.6. The predicted molar refractivity (Wildman–Crippen MR) is 125 cm³/mol. The Balaban J connectivity index is 1.40. The number of anilines is 2. The zero-order chi connectivity index (χ0) is 22.8. The summed E-state index contributed by atoms with van der Waals surface area (Å²) < 4.78 is 37.8. The molecule has 4 rings (SSSR count). The monoisotopic (exact) mass is 464 g/mol. The first-order valence-corrected chi connectivity index (χ1v) is 12.1. The first-order chi connectivity index (χ1) is 15.2. The summed E-state index contributed by atoms with van der Waals surface area (Å²) in [7, 11) is 0. The van der Waals surface area contributed by atoms with Crippen LogP contribution in [0.5, 0.6) is 0 Å². The molecule has 2 fully saturated rings. The average molecular weight is 465 g/mol. The maximum absolute atomic E-state index is 12.6. The molecule has 174 valence electrons. The van der Waals surface area contributed by atoms with Gasteiger partial charge in [0.2, 0.25) is 0 Å². The predicted octanol–water partition coefficient (Wildman–Crippen LogP) is 6.50. The number of benzene rings is 1. The SMILES string of the molecule is CC1(C)CN(c2ccc(SC(F)(F)F)cc2)CN1Cc1ccnc(NC2CCCCC2)c1. The molecule has 0 atom stereocenters. The lowest BCUT2D eigenvalue weighted by Crippen LogP contribution is -2.39. The van der Waals surface area contributed by atoms with E-state index in [0.29, 0.717) is 6.04 Å². The number of hydrogen-bond acceptors (Lipinski definition) is 5. The van der Waals surface area contributed by atoms with Crippen LogP contribution in [-0.4, -0.2) is 40.2 Å². The minimum atomic E-state index is -4.26. The van der Waals surface area contributed by atoms with Gasteiger partial charge in [0.15, 0.2) is 0 Å². The number of rotatable bonds is 6. The van der Waals surface area contributed by atoms with E-state index in [-0.39, 0.29) is 22.2 Å². The molecule has 32 heavy (non-hydrogen) atoms. The van der Waals surface area contributed by atoms with Gasteiger partial charge >= 0.3 is 5.51 Å². The van der Waals surface area contributed by atoms with Crippen molar-refractivity contribution in [3.05, 3.63) is 48.2 Å². The van der Waals surface area contributed by atoms with Crippen LogP contribution in [0.2, 0.25) is 0 Å². The first-order valence-electron chi connectivity index (χ1n) is 11.3. The highest BCUT2D eigenvalue weighted by atomic mass is 32.2. The number of pyridine rings is 1. The van der Waals surface area contributed by atoms with E-state index in [4.69, 9.17) is 0 Å². The van der Waals surface area contributed by atoms with Crippen molar-refractivity contribution < 1.29 is 13.2 Å². The fourth-order valence-electron chi connectivity index (χ4n) is 4.64. The first kappa shape index (κ1) is 23.2. The highest BCUT2D eigenvalue weighted by molar-refractivity contribution is 8.00. The molecule has 0 spiro atoms. The van der Waals surface area contributed by atoms with Gasteiger partial charge in [-0.3, -0.25) is 4.90 Å². The highest BCUT2D eigenvalue weighted by Crippen LogP contribution is 2.38. The summed E-state index contributed by atoms with van der Waals surface area (Å²) >= 11 is -0.0731. The van der Waals surface area contributed by atoms with Crippen LogP contribution in [0.1, 0.15) is 51.5 Å². The maximum Gasteiger partial charge on any atom is 0.446 e. The van der Waals surface area contributed by atoms with E-state index in [1.807, 2.05) is 6.20 Å². The quantitative estimate of drug-likeness (QED) is 0.494. The normalized spacial score (nSPS) is 20.0. The Kier molecular flexibility index (Phi) is 6.91. The summed E-state index contributed by atoms with van der Waals surface area (Å²) in [5.41, 5.74) is -2.16. The van der Waals surface area contributed by atoms with Gasteiger partial charge in [0, 0.05) is 41.4 Å². The Morgan fingerprint density at radius 1 is 1.09 bits per heavy atom. The topological polar surface area (TPSA) is 31.4 Å². The third-order valence-electron chi connectivity index (χ3n) is 6.37. The van der Waals surface area contributed by atoms with Gasteiger partial charge in [-0.25, -0.2) is 4.98 Å². The van der Waals surface area contributed by atoms with Crippen molar-refractivity contribution in [3.63, 3.8) is 0 Å². The number of nitrogens with one attached hydrogen (secondary N) is 1. The summed E-state index contributed by atoms with van der Waals surface area (Å²) in [6.45, 7) is 6.77. The fraction of sp³-hybridized carbons (Fsp3) is 0.542. The Bertz CT molecular complexity index is 895. The van der Waals surface area contributed by atoms with Gasteiger partial charge < -0.3 is 10.2 Å². The number of aromatic nitrogens is 1. The van der Waals surface area contributed by atoms with Crippen molar-refractivity contribution in [2.24, 2.45) is 0 Å². The molecule has 1 saturated heterocycles. The Labute approximate surface area is 192 Å². The van der Waals surface area contributed by atoms with Gasteiger partial charge in [0.1, 0.15) is 5.82 Å². The molecule has 1 N–H and O–H groups in total. The van der Waals surface area contributed by atoms with Crippen LogP contribution < -0.4 is 10.2 Å². The van der Waals surface area contributed by atoms with E-state index >= 15 is 0 Å². The van der Waals surface area contributed by atoms with Crippen LogP contribution in [0.25, 0.3) is 0 Å². The van der Waals surface area contributed by atoms with E-state index < -0.39 is 5.51 Å².